The molecule has 1 aromatic carbocycles. The first-order valence-electron chi connectivity index (χ1n) is 9.02. The third-order valence-electron chi connectivity index (χ3n) is 4.48. The van der Waals surface area contributed by atoms with E-state index in [1.807, 2.05) is 6.07 Å². The van der Waals surface area contributed by atoms with Crippen molar-refractivity contribution in [1.29, 1.82) is 0 Å². The maximum absolute atomic E-state index is 12.4. The van der Waals surface area contributed by atoms with Crippen LogP contribution in [0.4, 0.5) is 5.82 Å². The molecule has 27 heavy (non-hydrogen) atoms. The summed E-state index contributed by atoms with van der Waals surface area (Å²) in [6.07, 6.45) is 4.32. The zero-order chi connectivity index (χ0) is 19.2. The van der Waals surface area contributed by atoms with Crippen molar-refractivity contribution in [2.45, 2.75) is 44.9 Å². The molecule has 1 N–H and O–H groups in total. The third-order valence-corrected chi connectivity index (χ3v) is 5.07. The highest BCUT2D eigenvalue weighted by atomic mass is 35.5. The maximum atomic E-state index is 12.4. The fourth-order valence-electron chi connectivity index (χ4n) is 2.87. The smallest absolute Gasteiger partial charge is 0.254 e. The van der Waals surface area contributed by atoms with E-state index < -0.39 is 6.10 Å². The number of ether oxygens (including phenoxy) is 2. The largest absolute Gasteiger partial charge is 0.376 e. The standard InChI is InChI=1S/C19H23Cl2N3O3/c1-13(27-12-16-4-2-3-9-26-16)19(25)23-18-7-8-22-24(18)11-14-5-6-15(20)10-17(14)21/h5-8,10,13,16H,2-4,9,11-12H2,1H3,(H,23,25). The molecule has 0 radical (unpaired) electrons. The molecule has 0 saturated carbocycles. The normalized spacial score (nSPS) is 18.3. The van der Waals surface area contributed by atoms with E-state index in [4.69, 9.17) is 32.7 Å². The first-order valence-corrected chi connectivity index (χ1v) is 9.78. The highest BCUT2D eigenvalue weighted by Gasteiger charge is 2.20. The second-order valence-electron chi connectivity index (χ2n) is 6.56. The van der Waals surface area contributed by atoms with Gasteiger partial charge < -0.3 is 14.8 Å². The van der Waals surface area contributed by atoms with Crippen LogP contribution < -0.4 is 5.32 Å². The molecule has 0 bridgehead atoms. The lowest BCUT2D eigenvalue weighted by Gasteiger charge is -2.24. The summed E-state index contributed by atoms with van der Waals surface area (Å²) in [5, 5.41) is 8.24. The van der Waals surface area contributed by atoms with Crippen molar-refractivity contribution in [2.75, 3.05) is 18.5 Å². The molecule has 2 heterocycles. The number of benzene rings is 1. The number of rotatable bonds is 7. The van der Waals surface area contributed by atoms with E-state index in [1.54, 1.807) is 36.0 Å². The summed E-state index contributed by atoms with van der Waals surface area (Å²) in [7, 11) is 0. The Hall–Kier alpha value is -1.60. The average molecular weight is 412 g/mol. The fourth-order valence-corrected chi connectivity index (χ4v) is 3.34. The summed E-state index contributed by atoms with van der Waals surface area (Å²) in [5.74, 6) is 0.352. The van der Waals surface area contributed by atoms with Crippen molar-refractivity contribution >= 4 is 34.9 Å². The van der Waals surface area contributed by atoms with Gasteiger partial charge in [-0.25, -0.2) is 4.68 Å². The number of carbonyl (C=O) groups excluding carboxylic acids is 1. The molecule has 1 aromatic heterocycles. The number of hydrogen-bond acceptors (Lipinski definition) is 4. The topological polar surface area (TPSA) is 65.4 Å². The average Bonchev–Trinajstić information content (AvgIpc) is 3.09. The zero-order valence-electron chi connectivity index (χ0n) is 15.2. The molecule has 1 aliphatic heterocycles. The van der Waals surface area contributed by atoms with Crippen molar-refractivity contribution in [3.05, 3.63) is 46.1 Å². The number of anilines is 1. The lowest BCUT2D eigenvalue weighted by molar-refractivity contribution is -0.130. The minimum Gasteiger partial charge on any atom is -0.376 e. The van der Waals surface area contributed by atoms with Gasteiger partial charge in [-0.1, -0.05) is 29.3 Å². The van der Waals surface area contributed by atoms with E-state index in [-0.39, 0.29) is 12.0 Å². The van der Waals surface area contributed by atoms with Crippen LogP contribution in [-0.4, -0.2) is 41.1 Å². The summed E-state index contributed by atoms with van der Waals surface area (Å²) in [6.45, 7) is 3.34. The molecule has 6 nitrogen and oxygen atoms in total. The van der Waals surface area contributed by atoms with E-state index in [1.165, 1.54) is 0 Å². The summed E-state index contributed by atoms with van der Waals surface area (Å²) in [5.41, 5.74) is 0.860. The molecular weight excluding hydrogens is 389 g/mol. The first kappa shape index (κ1) is 20.1. The molecule has 0 spiro atoms. The molecule has 2 atom stereocenters. The Morgan fingerprint density at radius 1 is 1.41 bits per heavy atom. The maximum Gasteiger partial charge on any atom is 0.254 e. The minimum atomic E-state index is -0.585. The molecule has 146 valence electrons. The molecule has 3 rings (SSSR count). The van der Waals surface area contributed by atoms with Crippen molar-refractivity contribution in [3.8, 4) is 0 Å². The number of halogens is 2. The lowest BCUT2D eigenvalue weighted by atomic mass is 10.1. The number of carbonyl (C=O) groups is 1. The van der Waals surface area contributed by atoms with E-state index in [0.29, 0.717) is 29.0 Å². The number of nitrogens with one attached hydrogen (secondary N) is 1. The third kappa shape index (κ3) is 5.69. The van der Waals surface area contributed by atoms with Gasteiger partial charge in [0.05, 0.1) is 25.5 Å². The van der Waals surface area contributed by atoms with Crippen LogP contribution in [0, 0.1) is 0 Å². The van der Waals surface area contributed by atoms with Gasteiger partial charge in [-0.05, 0) is 43.9 Å². The van der Waals surface area contributed by atoms with Gasteiger partial charge in [0.25, 0.3) is 5.91 Å². The number of hydrogen-bond donors (Lipinski definition) is 1. The molecule has 8 heteroatoms. The second-order valence-corrected chi connectivity index (χ2v) is 7.41. The van der Waals surface area contributed by atoms with E-state index in [9.17, 15) is 4.79 Å². The Kier molecular flexibility index (Phi) is 7.13. The predicted octanol–water partition coefficient (Wildman–Crippen LogP) is 4.15. The van der Waals surface area contributed by atoms with Crippen LogP contribution in [0.3, 0.4) is 0 Å². The summed E-state index contributed by atoms with van der Waals surface area (Å²) < 4.78 is 13.0. The molecule has 1 fully saturated rings. The number of aromatic nitrogens is 2. The van der Waals surface area contributed by atoms with Crippen molar-refractivity contribution in [2.24, 2.45) is 0 Å². The second kappa shape index (κ2) is 9.55. The Morgan fingerprint density at radius 2 is 2.26 bits per heavy atom. The minimum absolute atomic E-state index is 0.0755. The highest BCUT2D eigenvalue weighted by Crippen LogP contribution is 2.23. The number of amides is 1. The van der Waals surface area contributed by atoms with Crippen LogP contribution in [0.5, 0.6) is 0 Å². The van der Waals surface area contributed by atoms with Crippen LogP contribution in [0.2, 0.25) is 10.0 Å². The molecule has 0 aliphatic carbocycles. The SMILES string of the molecule is CC(OCC1CCCCO1)C(=O)Nc1ccnn1Cc1ccc(Cl)cc1Cl. The van der Waals surface area contributed by atoms with Crippen LogP contribution in [-0.2, 0) is 20.8 Å². The first-order chi connectivity index (χ1) is 13.0. The summed E-state index contributed by atoms with van der Waals surface area (Å²) in [6, 6.07) is 7.03. The van der Waals surface area contributed by atoms with Crippen LogP contribution in [0.1, 0.15) is 31.7 Å². The van der Waals surface area contributed by atoms with Gasteiger partial charge in [-0.2, -0.15) is 5.10 Å². The summed E-state index contributed by atoms with van der Waals surface area (Å²) >= 11 is 12.2. The van der Waals surface area contributed by atoms with Gasteiger partial charge in [0.1, 0.15) is 11.9 Å². The van der Waals surface area contributed by atoms with E-state index in [0.717, 1.165) is 31.4 Å². The highest BCUT2D eigenvalue weighted by molar-refractivity contribution is 6.35. The van der Waals surface area contributed by atoms with Crippen molar-refractivity contribution in [1.82, 2.24) is 9.78 Å². The molecule has 1 aliphatic rings. The van der Waals surface area contributed by atoms with Gasteiger partial charge >= 0.3 is 0 Å². The zero-order valence-corrected chi connectivity index (χ0v) is 16.7. The Morgan fingerprint density at radius 3 is 3.00 bits per heavy atom. The van der Waals surface area contributed by atoms with E-state index >= 15 is 0 Å². The Balaban J connectivity index is 1.55. The predicted molar refractivity (Wildman–Crippen MR) is 105 cm³/mol. The summed E-state index contributed by atoms with van der Waals surface area (Å²) in [4.78, 5) is 12.4. The fraction of sp³-hybridized carbons (Fsp3) is 0.474. The quantitative estimate of drug-likeness (QED) is 0.742. The molecule has 2 aromatic rings. The Bertz CT molecular complexity index is 775. The van der Waals surface area contributed by atoms with Crippen LogP contribution >= 0.6 is 23.2 Å². The monoisotopic (exact) mass is 411 g/mol. The molecule has 1 amide bonds. The van der Waals surface area contributed by atoms with Crippen molar-refractivity contribution in [3.63, 3.8) is 0 Å². The molecule has 2 unspecified atom stereocenters. The molecule has 1 saturated heterocycles. The van der Waals surface area contributed by atoms with Gasteiger partial charge in [-0.15, -0.1) is 0 Å². The van der Waals surface area contributed by atoms with Gasteiger partial charge in [0, 0.05) is 22.7 Å². The molecular formula is C19H23Cl2N3O3. The van der Waals surface area contributed by atoms with Gasteiger partial charge in [-0.3, -0.25) is 4.79 Å². The van der Waals surface area contributed by atoms with Crippen molar-refractivity contribution < 1.29 is 14.3 Å². The number of nitrogens with zero attached hydrogens (tertiary/aromatic N) is 2. The Labute approximate surface area is 168 Å². The van der Waals surface area contributed by atoms with Crippen LogP contribution in [0.25, 0.3) is 0 Å². The van der Waals surface area contributed by atoms with Gasteiger partial charge in [0.15, 0.2) is 0 Å². The lowest BCUT2D eigenvalue weighted by Crippen LogP contribution is -2.33. The van der Waals surface area contributed by atoms with Gasteiger partial charge in [0.2, 0.25) is 0 Å². The van der Waals surface area contributed by atoms with Crippen LogP contribution in [0.15, 0.2) is 30.5 Å². The van der Waals surface area contributed by atoms with E-state index in [2.05, 4.69) is 10.4 Å².